The summed E-state index contributed by atoms with van der Waals surface area (Å²) in [6, 6.07) is 5.86. The molecule has 2 nitrogen and oxygen atoms in total. The van der Waals surface area contributed by atoms with Crippen LogP contribution in [0.25, 0.3) is 10.9 Å². The predicted octanol–water partition coefficient (Wildman–Crippen LogP) is 4.18. The minimum absolute atomic E-state index is 0.602. The first-order valence-corrected chi connectivity index (χ1v) is 7.16. The molecule has 0 saturated carbocycles. The lowest BCUT2D eigenvalue weighted by Crippen LogP contribution is -2.35. The molecule has 5 heteroatoms. The SMILES string of the molecule is C=CCCC[n+]1ccc(N(C)C)c2ccc(C(F)(F)F)cc21. The highest BCUT2D eigenvalue weighted by molar-refractivity contribution is 5.89. The molecule has 0 aliphatic heterocycles. The second kappa shape index (κ2) is 6.38. The molecule has 0 atom stereocenters. The Morgan fingerprint density at radius 3 is 2.55 bits per heavy atom. The molecular weight excluding hydrogens is 289 g/mol. The zero-order chi connectivity index (χ0) is 16.3. The summed E-state index contributed by atoms with van der Waals surface area (Å²) in [6.45, 7) is 4.34. The fraction of sp³-hybridized carbons (Fsp3) is 0.353. The molecule has 0 aliphatic rings. The van der Waals surface area contributed by atoms with Gasteiger partial charge in [0, 0.05) is 32.6 Å². The quantitative estimate of drug-likeness (QED) is 0.456. The lowest BCUT2D eigenvalue weighted by molar-refractivity contribution is -0.671. The third kappa shape index (κ3) is 3.40. The summed E-state index contributed by atoms with van der Waals surface area (Å²) in [5.41, 5.74) is 0.891. The number of unbranched alkanes of at least 4 members (excludes halogenated alkanes) is 1. The highest BCUT2D eigenvalue weighted by Crippen LogP contribution is 2.32. The molecule has 0 aliphatic carbocycles. The van der Waals surface area contributed by atoms with E-state index in [4.69, 9.17) is 0 Å². The van der Waals surface area contributed by atoms with Crippen molar-refractivity contribution in [1.29, 1.82) is 0 Å². The molecule has 0 bridgehead atoms. The Hall–Kier alpha value is -2.04. The van der Waals surface area contributed by atoms with Crippen molar-refractivity contribution in [1.82, 2.24) is 0 Å². The molecule has 0 N–H and O–H groups in total. The summed E-state index contributed by atoms with van der Waals surface area (Å²) in [5, 5.41) is 0.819. The lowest BCUT2D eigenvalue weighted by Gasteiger charge is -2.15. The average Bonchev–Trinajstić information content (AvgIpc) is 2.45. The molecule has 118 valence electrons. The number of rotatable bonds is 5. The van der Waals surface area contributed by atoms with Crippen molar-refractivity contribution in [2.45, 2.75) is 25.6 Å². The van der Waals surface area contributed by atoms with E-state index in [0.29, 0.717) is 12.1 Å². The molecule has 22 heavy (non-hydrogen) atoms. The molecule has 1 heterocycles. The van der Waals surface area contributed by atoms with Crippen molar-refractivity contribution in [2.24, 2.45) is 0 Å². The van der Waals surface area contributed by atoms with Crippen LogP contribution >= 0.6 is 0 Å². The number of halogens is 3. The molecule has 0 fully saturated rings. The molecule has 0 unspecified atom stereocenters. The van der Waals surface area contributed by atoms with Crippen LogP contribution in [0.5, 0.6) is 0 Å². The zero-order valence-electron chi connectivity index (χ0n) is 12.8. The highest BCUT2D eigenvalue weighted by Gasteiger charge is 2.32. The number of pyridine rings is 1. The summed E-state index contributed by atoms with van der Waals surface area (Å²) >= 11 is 0. The summed E-state index contributed by atoms with van der Waals surface area (Å²) in [4.78, 5) is 1.91. The Morgan fingerprint density at radius 1 is 1.23 bits per heavy atom. The first kappa shape index (κ1) is 16.3. The van der Waals surface area contributed by atoms with Gasteiger partial charge >= 0.3 is 6.18 Å². The normalized spacial score (nSPS) is 11.7. The van der Waals surface area contributed by atoms with Gasteiger partial charge in [-0.05, 0) is 18.6 Å². The fourth-order valence-electron chi connectivity index (χ4n) is 2.48. The van der Waals surface area contributed by atoms with E-state index >= 15 is 0 Å². The monoisotopic (exact) mass is 309 g/mol. The third-order valence-corrected chi connectivity index (χ3v) is 3.61. The van der Waals surface area contributed by atoms with Gasteiger partial charge in [0.1, 0.15) is 6.54 Å². The van der Waals surface area contributed by atoms with E-state index in [-0.39, 0.29) is 0 Å². The first-order chi connectivity index (χ1) is 10.3. The van der Waals surface area contributed by atoms with E-state index in [9.17, 15) is 13.2 Å². The van der Waals surface area contributed by atoms with E-state index in [1.807, 2.05) is 41.9 Å². The van der Waals surface area contributed by atoms with Crippen molar-refractivity contribution < 1.29 is 17.7 Å². The van der Waals surface area contributed by atoms with Crippen LogP contribution in [-0.4, -0.2) is 14.1 Å². The first-order valence-electron chi connectivity index (χ1n) is 7.16. The molecule has 0 saturated heterocycles. The van der Waals surface area contributed by atoms with Crippen molar-refractivity contribution in [2.75, 3.05) is 19.0 Å². The number of anilines is 1. The second-order valence-corrected chi connectivity index (χ2v) is 5.45. The number of alkyl halides is 3. The third-order valence-electron chi connectivity index (χ3n) is 3.61. The number of nitrogens with zero attached hydrogens (tertiary/aromatic N) is 2. The van der Waals surface area contributed by atoms with E-state index in [2.05, 4.69) is 6.58 Å². The van der Waals surface area contributed by atoms with Crippen LogP contribution in [0.4, 0.5) is 18.9 Å². The van der Waals surface area contributed by atoms with Crippen LogP contribution in [0.2, 0.25) is 0 Å². The average molecular weight is 309 g/mol. The summed E-state index contributed by atoms with van der Waals surface area (Å²) in [6.07, 6.45) is 1.02. The Morgan fingerprint density at radius 2 is 1.95 bits per heavy atom. The van der Waals surface area contributed by atoms with Crippen LogP contribution in [0.1, 0.15) is 18.4 Å². The molecule has 0 amide bonds. The second-order valence-electron chi connectivity index (χ2n) is 5.45. The van der Waals surface area contributed by atoms with Gasteiger partial charge in [0.2, 0.25) is 5.52 Å². The smallest absolute Gasteiger partial charge is 0.377 e. The lowest BCUT2D eigenvalue weighted by atomic mass is 10.1. The van der Waals surface area contributed by atoms with Crippen LogP contribution in [0.3, 0.4) is 0 Å². The largest absolute Gasteiger partial charge is 0.416 e. The van der Waals surface area contributed by atoms with Crippen molar-refractivity contribution >= 4 is 16.6 Å². The van der Waals surface area contributed by atoms with Gasteiger partial charge in [-0.3, -0.25) is 0 Å². The number of hydrogen-bond donors (Lipinski definition) is 0. The fourth-order valence-corrected chi connectivity index (χ4v) is 2.48. The van der Waals surface area contributed by atoms with Crippen LogP contribution in [0.15, 0.2) is 43.1 Å². The van der Waals surface area contributed by atoms with E-state index < -0.39 is 11.7 Å². The van der Waals surface area contributed by atoms with Crippen LogP contribution < -0.4 is 9.47 Å². The minimum atomic E-state index is -4.33. The van der Waals surface area contributed by atoms with Crippen molar-refractivity contribution in [3.63, 3.8) is 0 Å². The Kier molecular flexibility index (Phi) is 4.74. The van der Waals surface area contributed by atoms with Gasteiger partial charge in [-0.25, -0.2) is 0 Å². The minimum Gasteiger partial charge on any atom is -0.377 e. The van der Waals surface area contributed by atoms with Crippen LogP contribution in [-0.2, 0) is 12.7 Å². The molecule has 2 aromatic rings. The van der Waals surface area contributed by atoms with Gasteiger partial charge in [0.05, 0.1) is 16.6 Å². The molecule has 2 rings (SSSR count). The Bertz CT molecular complexity index is 675. The number of benzene rings is 1. The Balaban J connectivity index is 2.58. The molecule has 0 spiro atoms. The van der Waals surface area contributed by atoms with Gasteiger partial charge in [-0.1, -0.05) is 6.08 Å². The van der Waals surface area contributed by atoms with Crippen LogP contribution in [0, 0.1) is 0 Å². The maximum absolute atomic E-state index is 13.0. The molecular formula is C17H20F3N2+. The van der Waals surface area contributed by atoms with Gasteiger partial charge < -0.3 is 4.90 Å². The highest BCUT2D eigenvalue weighted by atomic mass is 19.4. The van der Waals surface area contributed by atoms with Gasteiger partial charge in [0.25, 0.3) is 0 Å². The molecule has 0 radical (unpaired) electrons. The van der Waals surface area contributed by atoms with Gasteiger partial charge in [-0.15, -0.1) is 6.58 Å². The topological polar surface area (TPSA) is 7.12 Å². The predicted molar refractivity (Wildman–Crippen MR) is 82.9 cm³/mol. The summed E-state index contributed by atoms with van der Waals surface area (Å²) < 4.78 is 40.8. The van der Waals surface area contributed by atoms with Gasteiger partial charge in [0.15, 0.2) is 6.20 Å². The number of fused-ring (bicyclic) bond motifs is 1. The summed E-state index contributed by atoms with van der Waals surface area (Å²) in [5.74, 6) is 0. The maximum Gasteiger partial charge on any atom is 0.416 e. The zero-order valence-corrected chi connectivity index (χ0v) is 12.8. The standard InChI is InChI=1S/C17H20F3N2/c1-4-5-6-10-22-11-9-15(21(2)3)14-8-7-13(12-16(14)22)17(18,19)20/h4,7-9,11-12H,1,5-6,10H2,2-3H3/q+1. The molecule has 1 aromatic carbocycles. The number of aromatic nitrogens is 1. The van der Waals surface area contributed by atoms with Gasteiger partial charge in [-0.2, -0.15) is 17.7 Å². The van der Waals surface area contributed by atoms with E-state index in [0.717, 1.165) is 30.0 Å². The van der Waals surface area contributed by atoms with Crippen molar-refractivity contribution in [3.8, 4) is 0 Å². The maximum atomic E-state index is 13.0. The van der Waals surface area contributed by atoms with Crippen molar-refractivity contribution in [3.05, 3.63) is 48.7 Å². The Labute approximate surface area is 128 Å². The number of hydrogen-bond acceptors (Lipinski definition) is 1. The number of aryl methyl sites for hydroxylation is 1. The number of allylic oxidation sites excluding steroid dienone is 1. The summed E-state index contributed by atoms with van der Waals surface area (Å²) in [7, 11) is 3.77. The molecule has 1 aromatic heterocycles. The van der Waals surface area contributed by atoms with E-state index in [1.165, 1.54) is 6.07 Å². The van der Waals surface area contributed by atoms with E-state index in [1.54, 1.807) is 6.07 Å².